The molecule has 0 bridgehead atoms. The molecule has 0 saturated heterocycles. The standard InChI is InChI=1S/C10H21NO/c1-5-8-12-10(6-2)9-11(4)7-3/h5,10H,1,6-9H2,2-4H3. The molecular formula is C10H21NO. The number of nitrogens with zero attached hydrogens (tertiary/aromatic N) is 1. The van der Waals surface area contributed by atoms with Crippen LogP contribution in [0.1, 0.15) is 20.3 Å². The Kier molecular flexibility index (Phi) is 7.11. The fourth-order valence-corrected chi connectivity index (χ4v) is 0.981. The van der Waals surface area contributed by atoms with Crippen molar-refractivity contribution < 1.29 is 4.74 Å². The Morgan fingerprint density at radius 1 is 1.50 bits per heavy atom. The Balaban J connectivity index is 3.58. The Hall–Kier alpha value is -0.340. The molecule has 1 unspecified atom stereocenters. The lowest BCUT2D eigenvalue weighted by molar-refractivity contribution is 0.0475. The van der Waals surface area contributed by atoms with Crippen LogP contribution in [0.2, 0.25) is 0 Å². The molecule has 0 aliphatic heterocycles. The second kappa shape index (κ2) is 7.32. The van der Waals surface area contributed by atoms with Gasteiger partial charge in [-0.15, -0.1) is 6.58 Å². The summed E-state index contributed by atoms with van der Waals surface area (Å²) >= 11 is 0. The molecular weight excluding hydrogens is 150 g/mol. The molecule has 0 radical (unpaired) electrons. The maximum absolute atomic E-state index is 5.55. The fourth-order valence-electron chi connectivity index (χ4n) is 0.981. The molecule has 0 spiro atoms. The smallest absolute Gasteiger partial charge is 0.0703 e. The average molecular weight is 171 g/mol. The van der Waals surface area contributed by atoms with Crippen LogP contribution in [0.3, 0.4) is 0 Å². The summed E-state index contributed by atoms with van der Waals surface area (Å²) in [6.45, 7) is 10.7. The van der Waals surface area contributed by atoms with Gasteiger partial charge in [0.15, 0.2) is 0 Å². The van der Waals surface area contributed by atoms with Gasteiger partial charge in [0.05, 0.1) is 12.7 Å². The van der Waals surface area contributed by atoms with Crippen LogP contribution in [-0.2, 0) is 4.74 Å². The Morgan fingerprint density at radius 3 is 2.58 bits per heavy atom. The zero-order valence-electron chi connectivity index (χ0n) is 8.55. The molecule has 2 heteroatoms. The van der Waals surface area contributed by atoms with Gasteiger partial charge in [-0.2, -0.15) is 0 Å². The van der Waals surface area contributed by atoms with Crippen molar-refractivity contribution in [2.24, 2.45) is 0 Å². The van der Waals surface area contributed by atoms with E-state index in [0.717, 1.165) is 19.5 Å². The number of rotatable bonds is 7. The van der Waals surface area contributed by atoms with Gasteiger partial charge in [-0.3, -0.25) is 0 Å². The minimum absolute atomic E-state index is 0.355. The third-order valence-corrected chi connectivity index (χ3v) is 1.96. The predicted octanol–water partition coefficient (Wildman–Crippen LogP) is 1.92. The third kappa shape index (κ3) is 5.33. The molecule has 0 heterocycles. The van der Waals surface area contributed by atoms with Gasteiger partial charge in [0.2, 0.25) is 0 Å². The zero-order chi connectivity index (χ0) is 9.40. The summed E-state index contributed by atoms with van der Waals surface area (Å²) in [6.07, 6.45) is 3.22. The summed E-state index contributed by atoms with van der Waals surface area (Å²) < 4.78 is 5.55. The summed E-state index contributed by atoms with van der Waals surface area (Å²) in [5.74, 6) is 0. The third-order valence-electron chi connectivity index (χ3n) is 1.96. The van der Waals surface area contributed by atoms with E-state index in [1.807, 2.05) is 0 Å². The number of ether oxygens (including phenoxy) is 1. The molecule has 0 aliphatic carbocycles. The van der Waals surface area contributed by atoms with E-state index >= 15 is 0 Å². The van der Waals surface area contributed by atoms with Gasteiger partial charge < -0.3 is 9.64 Å². The van der Waals surface area contributed by atoms with E-state index in [1.165, 1.54) is 0 Å². The molecule has 2 nitrogen and oxygen atoms in total. The maximum atomic E-state index is 5.55. The lowest BCUT2D eigenvalue weighted by Gasteiger charge is -2.21. The number of likely N-dealkylation sites (N-methyl/N-ethyl adjacent to an activating group) is 1. The van der Waals surface area contributed by atoms with Crippen LogP contribution in [0.15, 0.2) is 12.7 Å². The van der Waals surface area contributed by atoms with Crippen LogP contribution in [0.5, 0.6) is 0 Å². The van der Waals surface area contributed by atoms with Crippen LogP contribution in [0.25, 0.3) is 0 Å². The van der Waals surface area contributed by atoms with Crippen molar-refractivity contribution >= 4 is 0 Å². The minimum Gasteiger partial charge on any atom is -0.373 e. The van der Waals surface area contributed by atoms with Crippen molar-refractivity contribution in [3.05, 3.63) is 12.7 Å². The van der Waals surface area contributed by atoms with Crippen LogP contribution >= 0.6 is 0 Å². The quantitative estimate of drug-likeness (QED) is 0.543. The first kappa shape index (κ1) is 11.7. The molecule has 0 N–H and O–H groups in total. The summed E-state index contributed by atoms with van der Waals surface area (Å²) in [5, 5.41) is 0. The van der Waals surface area contributed by atoms with Gasteiger partial charge in [0.1, 0.15) is 0 Å². The lowest BCUT2D eigenvalue weighted by atomic mass is 10.2. The molecule has 0 amide bonds. The van der Waals surface area contributed by atoms with E-state index in [9.17, 15) is 0 Å². The first-order valence-corrected chi connectivity index (χ1v) is 4.65. The molecule has 0 fully saturated rings. The largest absolute Gasteiger partial charge is 0.373 e. The van der Waals surface area contributed by atoms with Gasteiger partial charge in [-0.25, -0.2) is 0 Å². The van der Waals surface area contributed by atoms with Gasteiger partial charge in [-0.1, -0.05) is 19.9 Å². The topological polar surface area (TPSA) is 12.5 Å². The van der Waals surface area contributed by atoms with Crippen molar-refractivity contribution in [3.8, 4) is 0 Å². The number of hydrogen-bond acceptors (Lipinski definition) is 2. The van der Waals surface area contributed by atoms with E-state index in [4.69, 9.17) is 4.74 Å². The minimum atomic E-state index is 0.355. The van der Waals surface area contributed by atoms with Gasteiger partial charge >= 0.3 is 0 Å². The number of hydrogen-bond donors (Lipinski definition) is 0. The van der Waals surface area contributed by atoms with E-state index in [-0.39, 0.29) is 0 Å². The van der Waals surface area contributed by atoms with Crippen molar-refractivity contribution in [2.75, 3.05) is 26.7 Å². The molecule has 0 aromatic carbocycles. The Bertz CT molecular complexity index is 114. The monoisotopic (exact) mass is 171 g/mol. The first-order chi connectivity index (χ1) is 5.74. The highest BCUT2D eigenvalue weighted by Crippen LogP contribution is 2.00. The van der Waals surface area contributed by atoms with Gasteiger partial charge in [0, 0.05) is 6.54 Å². The van der Waals surface area contributed by atoms with Crippen molar-refractivity contribution in [2.45, 2.75) is 26.4 Å². The normalized spacial score (nSPS) is 13.3. The summed E-state index contributed by atoms with van der Waals surface area (Å²) in [4.78, 5) is 2.26. The highest BCUT2D eigenvalue weighted by atomic mass is 16.5. The van der Waals surface area contributed by atoms with Crippen molar-refractivity contribution in [1.82, 2.24) is 4.90 Å². The molecule has 72 valence electrons. The highest BCUT2D eigenvalue weighted by molar-refractivity contribution is 4.68. The zero-order valence-corrected chi connectivity index (χ0v) is 8.55. The van der Waals surface area contributed by atoms with Crippen molar-refractivity contribution in [1.29, 1.82) is 0 Å². The Labute approximate surface area is 76.2 Å². The second-order valence-electron chi connectivity index (χ2n) is 3.01. The van der Waals surface area contributed by atoms with Crippen LogP contribution < -0.4 is 0 Å². The van der Waals surface area contributed by atoms with Gasteiger partial charge in [0.25, 0.3) is 0 Å². The molecule has 0 aliphatic rings. The summed E-state index contributed by atoms with van der Waals surface area (Å²) in [5.41, 5.74) is 0. The van der Waals surface area contributed by atoms with Crippen LogP contribution in [-0.4, -0.2) is 37.7 Å². The van der Waals surface area contributed by atoms with E-state index in [0.29, 0.717) is 12.7 Å². The lowest BCUT2D eigenvalue weighted by Crippen LogP contribution is -2.30. The molecule has 0 saturated carbocycles. The average Bonchev–Trinajstić information content (AvgIpc) is 2.11. The summed E-state index contributed by atoms with van der Waals surface area (Å²) in [6, 6.07) is 0. The first-order valence-electron chi connectivity index (χ1n) is 4.65. The van der Waals surface area contributed by atoms with Crippen molar-refractivity contribution in [3.63, 3.8) is 0 Å². The molecule has 0 rings (SSSR count). The SMILES string of the molecule is C=CCOC(CC)CN(C)CC. The van der Waals surface area contributed by atoms with E-state index < -0.39 is 0 Å². The molecule has 0 aromatic heterocycles. The fraction of sp³-hybridized carbons (Fsp3) is 0.800. The van der Waals surface area contributed by atoms with E-state index in [1.54, 1.807) is 6.08 Å². The molecule has 1 atom stereocenters. The Morgan fingerprint density at radius 2 is 2.17 bits per heavy atom. The highest BCUT2D eigenvalue weighted by Gasteiger charge is 2.07. The summed E-state index contributed by atoms with van der Waals surface area (Å²) in [7, 11) is 2.11. The predicted molar refractivity (Wildman–Crippen MR) is 53.4 cm³/mol. The van der Waals surface area contributed by atoms with Crippen LogP contribution in [0.4, 0.5) is 0 Å². The molecule has 0 aromatic rings. The van der Waals surface area contributed by atoms with E-state index in [2.05, 4.69) is 32.4 Å². The van der Waals surface area contributed by atoms with Gasteiger partial charge in [-0.05, 0) is 20.0 Å². The van der Waals surface area contributed by atoms with Crippen LogP contribution in [0, 0.1) is 0 Å². The maximum Gasteiger partial charge on any atom is 0.0703 e. The molecule has 12 heavy (non-hydrogen) atoms. The second-order valence-corrected chi connectivity index (χ2v) is 3.01.